The predicted molar refractivity (Wildman–Crippen MR) is 290 cm³/mol. The summed E-state index contributed by atoms with van der Waals surface area (Å²) in [5.41, 5.74) is 0. The SMILES string of the molecule is CC/C=C\C/C=C\C/C=C\C/C=C\CCCCCCCCCCCCC(=O)OC(COCCCCCCCCCCCCCCCCCCCCCCC)COP(=O)(O)OC1C(O)C(O)C(O)C(O)C1O. The van der Waals surface area contributed by atoms with Crippen molar-refractivity contribution >= 4 is 13.8 Å². The quantitative estimate of drug-likeness (QED) is 0.0146. The Morgan fingerprint density at radius 2 is 0.831 bits per heavy atom. The van der Waals surface area contributed by atoms with Crippen LogP contribution in [0, 0.1) is 0 Å². The lowest BCUT2D eigenvalue weighted by atomic mass is 9.85. The minimum absolute atomic E-state index is 0.0757. The van der Waals surface area contributed by atoms with Crippen LogP contribution in [0.3, 0.4) is 0 Å². The first-order valence-electron chi connectivity index (χ1n) is 29.0. The number of hydrogen-bond acceptors (Lipinski definition) is 11. The van der Waals surface area contributed by atoms with Crippen LogP contribution >= 0.6 is 7.82 Å². The second-order valence-corrected chi connectivity index (χ2v) is 21.5. The number of phosphoric ester groups is 1. The lowest BCUT2D eigenvalue weighted by Gasteiger charge is -2.41. The third-order valence-corrected chi connectivity index (χ3v) is 14.5. The van der Waals surface area contributed by atoms with Crippen molar-refractivity contribution in [3.63, 3.8) is 0 Å². The van der Waals surface area contributed by atoms with E-state index in [9.17, 15) is 39.8 Å². The van der Waals surface area contributed by atoms with Crippen molar-refractivity contribution in [3.05, 3.63) is 48.6 Å². The van der Waals surface area contributed by atoms with Gasteiger partial charge in [-0.3, -0.25) is 13.8 Å². The zero-order valence-corrected chi connectivity index (χ0v) is 45.9. The molecule has 6 unspecified atom stereocenters. The van der Waals surface area contributed by atoms with Crippen molar-refractivity contribution in [2.24, 2.45) is 0 Å². The molecule has 12 nitrogen and oxygen atoms in total. The maximum atomic E-state index is 12.9. The molecule has 0 aromatic rings. The summed E-state index contributed by atoms with van der Waals surface area (Å²) in [6, 6.07) is 0. The fourth-order valence-electron chi connectivity index (χ4n) is 8.94. The molecule has 1 saturated carbocycles. The molecule has 13 heteroatoms. The summed E-state index contributed by atoms with van der Waals surface area (Å²) in [7, 11) is -5.03. The van der Waals surface area contributed by atoms with Crippen LogP contribution in [0.15, 0.2) is 48.6 Å². The van der Waals surface area contributed by atoms with Crippen LogP contribution in [0.1, 0.15) is 251 Å². The van der Waals surface area contributed by atoms with Gasteiger partial charge in [-0.25, -0.2) is 4.57 Å². The number of esters is 1. The number of ether oxygens (including phenoxy) is 2. The highest BCUT2D eigenvalue weighted by atomic mass is 31.2. The van der Waals surface area contributed by atoms with Crippen LogP contribution in [0.4, 0.5) is 0 Å². The highest BCUT2D eigenvalue weighted by molar-refractivity contribution is 7.47. The Bertz CT molecular complexity index is 1360. The van der Waals surface area contributed by atoms with Crippen LogP contribution in [0.5, 0.6) is 0 Å². The van der Waals surface area contributed by atoms with Gasteiger partial charge in [-0.1, -0.05) is 242 Å². The molecule has 0 aromatic carbocycles. The smallest absolute Gasteiger partial charge is 0.457 e. The normalized spacial score (nSPS) is 21.1. The van der Waals surface area contributed by atoms with Gasteiger partial charge in [-0.2, -0.15) is 0 Å². The predicted octanol–water partition coefficient (Wildman–Crippen LogP) is 13.9. The summed E-state index contributed by atoms with van der Waals surface area (Å²) < 4.78 is 34.4. The number of hydrogen-bond donors (Lipinski definition) is 6. The van der Waals surface area contributed by atoms with Crippen molar-refractivity contribution in [1.82, 2.24) is 0 Å². The third-order valence-electron chi connectivity index (χ3n) is 13.5. The fourth-order valence-corrected chi connectivity index (χ4v) is 9.91. The minimum Gasteiger partial charge on any atom is -0.457 e. The molecule has 1 aliphatic rings. The average Bonchev–Trinajstić information content (AvgIpc) is 3.36. The van der Waals surface area contributed by atoms with Crippen LogP contribution in [0.2, 0.25) is 0 Å². The first-order chi connectivity index (χ1) is 34.5. The van der Waals surface area contributed by atoms with E-state index in [-0.39, 0.29) is 13.0 Å². The minimum atomic E-state index is -5.03. The van der Waals surface area contributed by atoms with Crippen LogP contribution in [-0.2, 0) is 27.9 Å². The molecule has 1 rings (SSSR count). The maximum Gasteiger partial charge on any atom is 0.472 e. The van der Waals surface area contributed by atoms with Gasteiger partial charge < -0.3 is 39.9 Å². The van der Waals surface area contributed by atoms with Gasteiger partial charge in [0.2, 0.25) is 0 Å². The molecule has 0 heterocycles. The van der Waals surface area contributed by atoms with Crippen molar-refractivity contribution in [2.45, 2.75) is 294 Å². The summed E-state index contributed by atoms with van der Waals surface area (Å²) in [6.07, 6.45) is 48.9. The van der Waals surface area contributed by atoms with Crippen LogP contribution < -0.4 is 0 Å². The van der Waals surface area contributed by atoms with E-state index in [4.69, 9.17) is 18.5 Å². The van der Waals surface area contributed by atoms with E-state index < -0.39 is 63.1 Å². The number of carbonyl (C=O) groups excluding carboxylic acids is 1. The molecule has 6 atom stereocenters. The van der Waals surface area contributed by atoms with Crippen molar-refractivity contribution in [3.8, 4) is 0 Å². The van der Waals surface area contributed by atoms with Gasteiger partial charge in [-0.05, 0) is 51.4 Å². The summed E-state index contributed by atoms with van der Waals surface area (Å²) >= 11 is 0. The zero-order chi connectivity index (χ0) is 51.9. The number of aliphatic hydroxyl groups excluding tert-OH is 5. The molecule has 0 saturated heterocycles. The molecule has 6 N–H and O–H groups in total. The first-order valence-corrected chi connectivity index (χ1v) is 30.5. The van der Waals surface area contributed by atoms with Crippen LogP contribution in [-0.4, -0.2) is 98.9 Å². The lowest BCUT2D eigenvalue weighted by Crippen LogP contribution is -2.64. The maximum absolute atomic E-state index is 12.9. The topological polar surface area (TPSA) is 192 Å². The molecule has 0 spiro atoms. The molecule has 0 aliphatic heterocycles. The molecule has 0 amide bonds. The van der Waals surface area contributed by atoms with Gasteiger partial charge in [0.15, 0.2) is 0 Å². The molecular formula is C58H107O12P. The number of unbranched alkanes of at least 4 members (excludes halogenated alkanes) is 30. The molecule has 416 valence electrons. The summed E-state index contributed by atoms with van der Waals surface area (Å²) in [6.45, 7) is 4.20. The average molecular weight is 1030 g/mol. The van der Waals surface area contributed by atoms with E-state index in [0.717, 1.165) is 70.6 Å². The van der Waals surface area contributed by atoms with Gasteiger partial charge in [0.25, 0.3) is 0 Å². The number of phosphoric acid groups is 1. The van der Waals surface area contributed by atoms with E-state index in [1.165, 1.54) is 154 Å². The summed E-state index contributed by atoms with van der Waals surface area (Å²) in [4.78, 5) is 23.3. The highest BCUT2D eigenvalue weighted by Gasteiger charge is 2.51. The van der Waals surface area contributed by atoms with Crippen LogP contribution in [0.25, 0.3) is 0 Å². The number of rotatable bonds is 50. The van der Waals surface area contributed by atoms with Crippen molar-refractivity contribution < 1.29 is 58.3 Å². The Hall–Kier alpha value is -1.70. The standard InChI is InChI=1S/C58H107O12P/c1-3-5-7-9-11-13-15-17-19-21-23-25-26-27-29-31-33-35-37-39-41-43-45-47-52(59)69-51(50-68-71(65,66)70-58-56(63)54(61)53(60)55(62)57(58)64)49-67-48-46-44-42-40-38-36-34-32-30-28-24-22-20-18-16-14-12-10-8-6-4-2/h5,7,11,13,17,19,23,25,51,53-58,60-64H,3-4,6,8-10,12,14-16,18,20-22,24,26-50H2,1-2H3,(H,65,66)/b7-5-,13-11-,19-17-,25-23-. The Morgan fingerprint density at radius 3 is 1.27 bits per heavy atom. The second kappa shape index (κ2) is 48.0. The molecule has 0 radical (unpaired) electrons. The van der Waals surface area contributed by atoms with E-state index in [1.54, 1.807) is 0 Å². The fraction of sp³-hybridized carbons (Fsp3) is 0.845. The monoisotopic (exact) mass is 1030 g/mol. The van der Waals surface area contributed by atoms with Gasteiger partial charge in [-0.15, -0.1) is 0 Å². The Balaban J connectivity index is 2.28. The van der Waals surface area contributed by atoms with Gasteiger partial charge in [0, 0.05) is 13.0 Å². The van der Waals surface area contributed by atoms with E-state index in [2.05, 4.69) is 62.5 Å². The Labute approximate surface area is 433 Å². The number of allylic oxidation sites excluding steroid dienone is 8. The van der Waals surface area contributed by atoms with Crippen molar-refractivity contribution in [2.75, 3.05) is 19.8 Å². The number of carbonyl (C=O) groups is 1. The summed E-state index contributed by atoms with van der Waals surface area (Å²) in [5.74, 6) is -0.478. The van der Waals surface area contributed by atoms with E-state index in [0.29, 0.717) is 13.0 Å². The summed E-state index contributed by atoms with van der Waals surface area (Å²) in [5, 5.41) is 50.4. The third kappa shape index (κ3) is 39.4. The molecular weight excluding hydrogens is 920 g/mol. The zero-order valence-electron chi connectivity index (χ0n) is 45.0. The van der Waals surface area contributed by atoms with E-state index >= 15 is 0 Å². The van der Waals surface area contributed by atoms with Gasteiger partial charge in [0.1, 0.15) is 42.7 Å². The molecule has 0 bridgehead atoms. The van der Waals surface area contributed by atoms with E-state index in [1.807, 2.05) is 0 Å². The molecule has 1 aliphatic carbocycles. The van der Waals surface area contributed by atoms with Crippen molar-refractivity contribution in [1.29, 1.82) is 0 Å². The highest BCUT2D eigenvalue weighted by Crippen LogP contribution is 2.47. The molecule has 1 fully saturated rings. The Morgan fingerprint density at radius 1 is 0.465 bits per heavy atom. The molecule has 0 aromatic heterocycles. The number of aliphatic hydroxyl groups is 5. The Kier molecular flexibility index (Phi) is 45.5. The lowest BCUT2D eigenvalue weighted by molar-refractivity contribution is -0.220. The largest absolute Gasteiger partial charge is 0.472 e. The van der Waals surface area contributed by atoms with Gasteiger partial charge >= 0.3 is 13.8 Å². The first kappa shape index (κ1) is 67.3. The molecule has 71 heavy (non-hydrogen) atoms. The second-order valence-electron chi connectivity index (χ2n) is 20.1. The van der Waals surface area contributed by atoms with Gasteiger partial charge in [0.05, 0.1) is 13.2 Å².